The van der Waals surface area contributed by atoms with Crippen molar-refractivity contribution in [3.63, 3.8) is 0 Å². The van der Waals surface area contributed by atoms with E-state index in [-0.39, 0.29) is 5.97 Å². The van der Waals surface area contributed by atoms with E-state index in [1.54, 1.807) is 6.08 Å². The maximum atomic E-state index is 11.0. The Kier molecular flexibility index (Phi) is 2.99. The molecule has 0 fully saturated rings. The number of rotatable bonds is 2. The van der Waals surface area contributed by atoms with Crippen LogP contribution in [-0.2, 0) is 23.0 Å². The van der Waals surface area contributed by atoms with E-state index >= 15 is 0 Å². The van der Waals surface area contributed by atoms with Crippen LogP contribution >= 0.6 is 0 Å². The molecule has 0 N–H and O–H groups in total. The standard InChI is InChI=1S/C12H15NO3/c1-13-9(5-6-12(14)15-2)8-11-10(13)4-3-7-16-11/h5-6,8H,3-4,7H2,1-2H3. The highest BCUT2D eigenvalue weighted by atomic mass is 16.5. The highest BCUT2D eigenvalue weighted by Crippen LogP contribution is 2.28. The van der Waals surface area contributed by atoms with E-state index < -0.39 is 0 Å². The summed E-state index contributed by atoms with van der Waals surface area (Å²) in [6.45, 7) is 0.775. The zero-order valence-electron chi connectivity index (χ0n) is 9.53. The van der Waals surface area contributed by atoms with Crippen LogP contribution in [0.4, 0.5) is 0 Å². The Balaban J connectivity index is 2.25. The number of carbonyl (C=O) groups is 1. The quantitative estimate of drug-likeness (QED) is 0.561. The lowest BCUT2D eigenvalue weighted by atomic mass is 10.2. The summed E-state index contributed by atoms with van der Waals surface area (Å²) in [5, 5.41) is 0. The number of carbonyl (C=O) groups excluding carboxylic acids is 1. The summed E-state index contributed by atoms with van der Waals surface area (Å²) >= 11 is 0. The van der Waals surface area contributed by atoms with Gasteiger partial charge in [-0.15, -0.1) is 0 Å². The Bertz CT molecular complexity index is 432. The number of aromatic nitrogens is 1. The molecule has 0 amide bonds. The van der Waals surface area contributed by atoms with E-state index in [1.165, 1.54) is 18.9 Å². The molecule has 0 saturated heterocycles. The summed E-state index contributed by atoms with van der Waals surface area (Å²) in [5.74, 6) is 0.582. The van der Waals surface area contributed by atoms with Gasteiger partial charge in [0, 0.05) is 24.9 Å². The molecule has 1 aliphatic rings. The van der Waals surface area contributed by atoms with Gasteiger partial charge in [-0.25, -0.2) is 4.79 Å². The lowest BCUT2D eigenvalue weighted by molar-refractivity contribution is -0.134. The smallest absolute Gasteiger partial charge is 0.330 e. The molecule has 1 aromatic rings. The van der Waals surface area contributed by atoms with Crippen LogP contribution in [0.2, 0.25) is 0 Å². The Hall–Kier alpha value is -1.71. The fourth-order valence-corrected chi connectivity index (χ4v) is 1.85. The first-order chi connectivity index (χ1) is 7.72. The van der Waals surface area contributed by atoms with Gasteiger partial charge < -0.3 is 14.0 Å². The van der Waals surface area contributed by atoms with Gasteiger partial charge in [0.15, 0.2) is 0 Å². The minimum absolute atomic E-state index is 0.347. The Morgan fingerprint density at radius 2 is 2.44 bits per heavy atom. The number of hydrogen-bond donors (Lipinski definition) is 0. The molecule has 0 aliphatic carbocycles. The first-order valence-corrected chi connectivity index (χ1v) is 5.30. The maximum absolute atomic E-state index is 11.0. The van der Waals surface area contributed by atoms with Crippen LogP contribution in [0.1, 0.15) is 17.8 Å². The van der Waals surface area contributed by atoms with Crippen molar-refractivity contribution in [3.8, 4) is 5.75 Å². The van der Waals surface area contributed by atoms with Crippen molar-refractivity contribution in [2.24, 2.45) is 7.05 Å². The number of ether oxygens (including phenoxy) is 2. The van der Waals surface area contributed by atoms with Crippen LogP contribution in [0.3, 0.4) is 0 Å². The predicted octanol–water partition coefficient (Wildman–Crippen LogP) is 1.54. The molecular weight excluding hydrogens is 206 g/mol. The average molecular weight is 221 g/mol. The number of esters is 1. The van der Waals surface area contributed by atoms with Crippen molar-refractivity contribution in [1.29, 1.82) is 0 Å². The molecule has 4 nitrogen and oxygen atoms in total. The second-order valence-corrected chi connectivity index (χ2v) is 3.75. The molecule has 0 atom stereocenters. The van der Waals surface area contributed by atoms with Gasteiger partial charge in [-0.3, -0.25) is 0 Å². The second kappa shape index (κ2) is 4.43. The summed E-state index contributed by atoms with van der Waals surface area (Å²) in [5.41, 5.74) is 2.15. The topological polar surface area (TPSA) is 40.5 Å². The first-order valence-electron chi connectivity index (χ1n) is 5.30. The van der Waals surface area contributed by atoms with Crippen LogP contribution in [0, 0.1) is 0 Å². The summed E-state index contributed by atoms with van der Waals surface area (Å²) in [6.07, 6.45) is 5.23. The van der Waals surface area contributed by atoms with Crippen molar-refractivity contribution in [2.45, 2.75) is 12.8 Å². The Morgan fingerprint density at radius 3 is 3.12 bits per heavy atom. The van der Waals surface area contributed by atoms with Gasteiger partial charge in [-0.05, 0) is 18.9 Å². The normalized spacial score (nSPS) is 14.6. The highest BCUT2D eigenvalue weighted by molar-refractivity contribution is 5.86. The average Bonchev–Trinajstić information content (AvgIpc) is 2.64. The number of nitrogens with zero attached hydrogens (tertiary/aromatic N) is 1. The molecule has 86 valence electrons. The Morgan fingerprint density at radius 1 is 1.62 bits per heavy atom. The highest BCUT2D eigenvalue weighted by Gasteiger charge is 2.16. The van der Waals surface area contributed by atoms with Crippen molar-refractivity contribution in [2.75, 3.05) is 13.7 Å². The molecule has 0 saturated carbocycles. The molecule has 0 unspecified atom stereocenters. The largest absolute Gasteiger partial charge is 0.492 e. The van der Waals surface area contributed by atoms with Crippen LogP contribution in [0.25, 0.3) is 6.08 Å². The van der Waals surface area contributed by atoms with E-state index in [0.29, 0.717) is 0 Å². The van der Waals surface area contributed by atoms with E-state index in [0.717, 1.165) is 30.9 Å². The third kappa shape index (κ3) is 1.96. The number of hydrogen-bond acceptors (Lipinski definition) is 3. The SMILES string of the molecule is COC(=O)C=Cc1cc2c(n1C)CCCO2. The van der Waals surface area contributed by atoms with Crippen molar-refractivity contribution >= 4 is 12.0 Å². The summed E-state index contributed by atoms with van der Waals surface area (Å²) in [6, 6.07) is 1.95. The molecule has 16 heavy (non-hydrogen) atoms. The van der Waals surface area contributed by atoms with Gasteiger partial charge in [0.1, 0.15) is 5.75 Å². The fraction of sp³-hybridized carbons (Fsp3) is 0.417. The zero-order chi connectivity index (χ0) is 11.5. The molecule has 1 aliphatic heterocycles. The third-order valence-corrected chi connectivity index (χ3v) is 2.76. The summed E-state index contributed by atoms with van der Waals surface area (Å²) < 4.78 is 12.1. The van der Waals surface area contributed by atoms with Gasteiger partial charge in [0.05, 0.1) is 19.4 Å². The van der Waals surface area contributed by atoms with Gasteiger partial charge in [-0.1, -0.05) is 0 Å². The third-order valence-electron chi connectivity index (χ3n) is 2.76. The van der Waals surface area contributed by atoms with Crippen molar-refractivity contribution in [1.82, 2.24) is 4.57 Å². The van der Waals surface area contributed by atoms with Crippen LogP contribution in [0.5, 0.6) is 5.75 Å². The van der Waals surface area contributed by atoms with E-state index in [1.807, 2.05) is 17.7 Å². The molecule has 4 heteroatoms. The fourth-order valence-electron chi connectivity index (χ4n) is 1.85. The molecular formula is C12H15NO3. The molecule has 0 aromatic carbocycles. The van der Waals surface area contributed by atoms with Crippen LogP contribution in [-0.4, -0.2) is 24.3 Å². The van der Waals surface area contributed by atoms with Crippen molar-refractivity contribution < 1.29 is 14.3 Å². The Labute approximate surface area is 94.5 Å². The van der Waals surface area contributed by atoms with Crippen LogP contribution in [0.15, 0.2) is 12.1 Å². The first kappa shape index (κ1) is 10.8. The summed E-state index contributed by atoms with van der Waals surface area (Å²) in [4.78, 5) is 11.0. The van der Waals surface area contributed by atoms with E-state index in [9.17, 15) is 4.79 Å². The van der Waals surface area contributed by atoms with Crippen LogP contribution < -0.4 is 4.74 Å². The monoisotopic (exact) mass is 221 g/mol. The molecule has 0 bridgehead atoms. The molecule has 2 rings (SSSR count). The van der Waals surface area contributed by atoms with E-state index in [4.69, 9.17) is 4.74 Å². The molecule has 1 aromatic heterocycles. The minimum Gasteiger partial charge on any atom is -0.492 e. The minimum atomic E-state index is -0.347. The lowest BCUT2D eigenvalue weighted by Crippen LogP contribution is -2.09. The van der Waals surface area contributed by atoms with E-state index in [2.05, 4.69) is 4.74 Å². The maximum Gasteiger partial charge on any atom is 0.330 e. The van der Waals surface area contributed by atoms with Crippen molar-refractivity contribution in [3.05, 3.63) is 23.5 Å². The van der Waals surface area contributed by atoms with Gasteiger partial charge in [0.25, 0.3) is 0 Å². The predicted molar refractivity (Wildman–Crippen MR) is 60.3 cm³/mol. The van der Waals surface area contributed by atoms with Gasteiger partial charge in [-0.2, -0.15) is 0 Å². The van der Waals surface area contributed by atoms with Gasteiger partial charge in [0.2, 0.25) is 0 Å². The zero-order valence-corrected chi connectivity index (χ0v) is 9.53. The number of fused-ring (bicyclic) bond motifs is 1. The molecule has 0 spiro atoms. The summed E-state index contributed by atoms with van der Waals surface area (Å²) in [7, 11) is 3.34. The molecule has 0 radical (unpaired) electrons. The number of methoxy groups -OCH3 is 1. The second-order valence-electron chi connectivity index (χ2n) is 3.75. The van der Waals surface area contributed by atoms with Gasteiger partial charge >= 0.3 is 5.97 Å². The molecule has 2 heterocycles. The lowest BCUT2D eigenvalue weighted by Gasteiger charge is -2.14.